The second-order valence-corrected chi connectivity index (χ2v) is 5.10. The van der Waals surface area contributed by atoms with Gasteiger partial charge in [-0.15, -0.1) is 0 Å². The lowest BCUT2D eigenvalue weighted by Crippen LogP contribution is -2.56. The smallest absolute Gasteiger partial charge is 0.123 e. The second-order valence-electron chi connectivity index (χ2n) is 5.10. The van der Waals surface area contributed by atoms with Crippen molar-refractivity contribution in [2.24, 2.45) is 0 Å². The summed E-state index contributed by atoms with van der Waals surface area (Å²) in [5.41, 5.74) is 1.39. The molecule has 1 aliphatic rings. The lowest BCUT2D eigenvalue weighted by atomic mass is 9.72. The third-order valence-electron chi connectivity index (χ3n) is 3.76. The van der Waals surface area contributed by atoms with Gasteiger partial charge in [-0.1, -0.05) is 12.1 Å². The highest BCUT2D eigenvalue weighted by Gasteiger charge is 2.37. The van der Waals surface area contributed by atoms with Crippen LogP contribution in [0.4, 0.5) is 4.39 Å². The summed E-state index contributed by atoms with van der Waals surface area (Å²) in [6.45, 7) is 3.99. The maximum atomic E-state index is 13.0. The van der Waals surface area contributed by atoms with E-state index in [4.69, 9.17) is 9.47 Å². The zero-order valence-corrected chi connectivity index (χ0v) is 11.5. The van der Waals surface area contributed by atoms with Crippen molar-refractivity contribution in [2.45, 2.75) is 18.3 Å². The van der Waals surface area contributed by atoms with Crippen molar-refractivity contribution < 1.29 is 13.9 Å². The quantitative estimate of drug-likeness (QED) is 0.732. The van der Waals surface area contributed by atoms with Crippen LogP contribution < -0.4 is 5.32 Å². The molecule has 1 N–H and O–H groups in total. The number of ether oxygens (including phenoxy) is 2. The van der Waals surface area contributed by atoms with Gasteiger partial charge in [0.15, 0.2) is 0 Å². The highest BCUT2D eigenvalue weighted by molar-refractivity contribution is 5.30. The van der Waals surface area contributed by atoms with Gasteiger partial charge in [0, 0.05) is 32.2 Å². The van der Waals surface area contributed by atoms with E-state index in [1.54, 1.807) is 19.2 Å². The highest BCUT2D eigenvalue weighted by Crippen LogP contribution is 2.33. The molecule has 0 spiro atoms. The number of methoxy groups -OCH3 is 1. The van der Waals surface area contributed by atoms with Gasteiger partial charge in [-0.3, -0.25) is 0 Å². The Balaban J connectivity index is 1.80. The van der Waals surface area contributed by atoms with E-state index < -0.39 is 0 Å². The number of rotatable bonds is 8. The molecular formula is C15H22FNO2. The van der Waals surface area contributed by atoms with Crippen molar-refractivity contribution in [1.82, 2.24) is 5.32 Å². The summed E-state index contributed by atoms with van der Waals surface area (Å²) in [4.78, 5) is 0. The van der Waals surface area contributed by atoms with Crippen molar-refractivity contribution in [1.29, 1.82) is 0 Å². The molecule has 1 saturated heterocycles. The van der Waals surface area contributed by atoms with Crippen molar-refractivity contribution in [3.8, 4) is 0 Å². The maximum absolute atomic E-state index is 13.0. The van der Waals surface area contributed by atoms with Crippen LogP contribution in [0.25, 0.3) is 0 Å². The second kappa shape index (κ2) is 6.98. The molecule has 0 radical (unpaired) electrons. The Morgan fingerprint density at radius 2 is 1.89 bits per heavy atom. The molecule has 0 bridgehead atoms. The van der Waals surface area contributed by atoms with Crippen LogP contribution >= 0.6 is 0 Å². The zero-order chi connectivity index (χ0) is 13.6. The Bertz CT molecular complexity index is 376. The number of nitrogens with one attached hydrogen (secondary N) is 1. The van der Waals surface area contributed by atoms with Crippen LogP contribution in [-0.4, -0.2) is 40.0 Å². The van der Waals surface area contributed by atoms with Crippen LogP contribution in [0, 0.1) is 5.82 Å². The Hall–Kier alpha value is -0.970. The molecule has 1 aromatic carbocycles. The van der Waals surface area contributed by atoms with Crippen LogP contribution in [0.15, 0.2) is 24.3 Å². The van der Waals surface area contributed by atoms with Crippen molar-refractivity contribution in [3.05, 3.63) is 35.6 Å². The van der Waals surface area contributed by atoms with Gasteiger partial charge < -0.3 is 14.8 Å². The average molecular weight is 267 g/mol. The van der Waals surface area contributed by atoms with Crippen LogP contribution in [0.5, 0.6) is 0 Å². The van der Waals surface area contributed by atoms with Crippen molar-refractivity contribution >= 4 is 0 Å². The molecule has 0 unspecified atom stereocenters. The molecule has 3 nitrogen and oxygen atoms in total. The van der Waals surface area contributed by atoms with E-state index in [1.165, 1.54) is 5.56 Å². The SMILES string of the molecule is COCCOCCCC1(c2ccc(F)cc2)CNC1. The molecule has 0 aromatic heterocycles. The zero-order valence-electron chi connectivity index (χ0n) is 11.5. The summed E-state index contributed by atoms with van der Waals surface area (Å²) < 4.78 is 23.4. The monoisotopic (exact) mass is 267 g/mol. The van der Waals surface area contributed by atoms with Gasteiger partial charge in [-0.25, -0.2) is 4.39 Å². The Labute approximate surface area is 114 Å². The summed E-state index contributed by atoms with van der Waals surface area (Å²) >= 11 is 0. The molecule has 0 saturated carbocycles. The highest BCUT2D eigenvalue weighted by atomic mass is 19.1. The minimum Gasteiger partial charge on any atom is -0.382 e. The minimum atomic E-state index is -0.172. The van der Waals surface area contributed by atoms with Gasteiger partial charge in [0.2, 0.25) is 0 Å². The van der Waals surface area contributed by atoms with Crippen LogP contribution in [0.2, 0.25) is 0 Å². The van der Waals surface area contributed by atoms with Crippen LogP contribution in [-0.2, 0) is 14.9 Å². The molecule has 1 aromatic rings. The fourth-order valence-corrected chi connectivity index (χ4v) is 2.51. The first-order valence-electron chi connectivity index (χ1n) is 6.80. The molecule has 1 fully saturated rings. The molecule has 0 amide bonds. The molecule has 2 rings (SSSR count). The Morgan fingerprint density at radius 3 is 2.47 bits per heavy atom. The van der Waals surface area contributed by atoms with E-state index in [0.29, 0.717) is 13.2 Å². The topological polar surface area (TPSA) is 30.5 Å². The minimum absolute atomic E-state index is 0.165. The van der Waals surface area contributed by atoms with E-state index in [-0.39, 0.29) is 11.2 Å². The fraction of sp³-hybridized carbons (Fsp3) is 0.600. The fourth-order valence-electron chi connectivity index (χ4n) is 2.51. The molecule has 106 valence electrons. The molecule has 1 heterocycles. The van der Waals surface area contributed by atoms with Crippen molar-refractivity contribution in [2.75, 3.05) is 40.0 Å². The van der Waals surface area contributed by atoms with Gasteiger partial charge in [-0.05, 0) is 30.5 Å². The third kappa shape index (κ3) is 3.75. The Kier molecular flexibility index (Phi) is 5.31. The van der Waals surface area contributed by atoms with Gasteiger partial charge in [-0.2, -0.15) is 0 Å². The average Bonchev–Trinajstić information content (AvgIpc) is 2.38. The summed E-state index contributed by atoms with van der Waals surface area (Å²) in [6, 6.07) is 6.90. The van der Waals surface area contributed by atoms with E-state index in [1.807, 2.05) is 12.1 Å². The summed E-state index contributed by atoms with van der Waals surface area (Å²) in [5, 5.41) is 3.32. The predicted molar refractivity (Wildman–Crippen MR) is 72.9 cm³/mol. The van der Waals surface area contributed by atoms with Crippen LogP contribution in [0.3, 0.4) is 0 Å². The molecule has 1 aliphatic heterocycles. The largest absolute Gasteiger partial charge is 0.382 e. The van der Waals surface area contributed by atoms with E-state index >= 15 is 0 Å². The first-order chi connectivity index (χ1) is 9.27. The normalized spacial score (nSPS) is 17.2. The number of benzene rings is 1. The van der Waals surface area contributed by atoms with Crippen LogP contribution in [0.1, 0.15) is 18.4 Å². The van der Waals surface area contributed by atoms with E-state index in [9.17, 15) is 4.39 Å². The van der Waals surface area contributed by atoms with Gasteiger partial charge in [0.1, 0.15) is 5.82 Å². The summed E-state index contributed by atoms with van der Waals surface area (Å²) in [6.07, 6.45) is 2.08. The lowest BCUT2D eigenvalue weighted by Gasteiger charge is -2.43. The van der Waals surface area contributed by atoms with Gasteiger partial charge in [0.25, 0.3) is 0 Å². The Morgan fingerprint density at radius 1 is 1.16 bits per heavy atom. The lowest BCUT2D eigenvalue weighted by molar-refractivity contribution is 0.0644. The maximum Gasteiger partial charge on any atom is 0.123 e. The number of hydrogen-bond acceptors (Lipinski definition) is 3. The van der Waals surface area contributed by atoms with Gasteiger partial charge in [0.05, 0.1) is 13.2 Å². The number of halogens is 1. The van der Waals surface area contributed by atoms with E-state index in [2.05, 4.69) is 5.32 Å². The first-order valence-corrected chi connectivity index (χ1v) is 6.80. The standard InChI is InChI=1S/C15H22FNO2/c1-18-9-10-19-8-2-7-15(11-17-12-15)13-3-5-14(16)6-4-13/h3-6,17H,2,7-12H2,1H3. The van der Waals surface area contributed by atoms with Crippen molar-refractivity contribution in [3.63, 3.8) is 0 Å². The predicted octanol–water partition coefficient (Wildman–Crippen LogP) is 2.11. The third-order valence-corrected chi connectivity index (χ3v) is 3.76. The summed E-state index contributed by atoms with van der Waals surface area (Å²) in [7, 11) is 1.67. The van der Waals surface area contributed by atoms with E-state index in [0.717, 1.165) is 32.5 Å². The summed E-state index contributed by atoms with van der Waals surface area (Å²) in [5.74, 6) is -0.172. The molecule has 0 atom stereocenters. The number of hydrogen-bond donors (Lipinski definition) is 1. The first kappa shape index (κ1) is 14.4. The molecule has 4 heteroatoms. The van der Waals surface area contributed by atoms with Gasteiger partial charge >= 0.3 is 0 Å². The molecule has 0 aliphatic carbocycles. The molecule has 19 heavy (non-hydrogen) atoms. The molecular weight excluding hydrogens is 245 g/mol.